The van der Waals surface area contributed by atoms with Gasteiger partial charge < -0.3 is 4.90 Å². The number of nitriles is 1. The van der Waals surface area contributed by atoms with E-state index in [1.54, 1.807) is 0 Å². The van der Waals surface area contributed by atoms with Crippen LogP contribution in [-0.4, -0.2) is 13.1 Å². The molecule has 1 aliphatic heterocycles. The predicted octanol–water partition coefficient (Wildman–Crippen LogP) is 9.04. The number of nitrogens with zero attached hydrogens (tertiary/aromatic N) is 2. The molecule has 2 aliphatic rings. The molecule has 0 N–H and O–H groups in total. The van der Waals surface area contributed by atoms with Gasteiger partial charge in [0.25, 0.3) is 0 Å². The fourth-order valence-corrected chi connectivity index (χ4v) is 5.85. The minimum Gasteiger partial charge on any atom is -0.364 e. The van der Waals surface area contributed by atoms with Crippen LogP contribution < -0.4 is 4.90 Å². The molecule has 0 fully saturated rings. The SMILES string of the molecule is CN1c2cc(-c3ccc(-c4ccc(-c5ccc(C#N)cc5)cc4)cc3)c3ccccc3c2C=C2C=CC=CC21. The number of anilines is 1. The second kappa shape index (κ2) is 9.31. The number of allylic oxidation sites excluding steroid dienone is 2. The van der Waals surface area contributed by atoms with Gasteiger partial charge in [-0.05, 0) is 74.0 Å². The van der Waals surface area contributed by atoms with E-state index in [0.29, 0.717) is 5.56 Å². The monoisotopic (exact) mass is 498 g/mol. The number of fused-ring (bicyclic) bond motifs is 4. The molecule has 39 heavy (non-hydrogen) atoms. The van der Waals surface area contributed by atoms with Gasteiger partial charge in [0.1, 0.15) is 0 Å². The Labute approximate surface area is 229 Å². The fraction of sp³-hybridized carbons (Fsp3) is 0.0541. The smallest absolute Gasteiger partial charge is 0.0991 e. The van der Waals surface area contributed by atoms with E-state index < -0.39 is 0 Å². The van der Waals surface area contributed by atoms with Gasteiger partial charge in [-0.2, -0.15) is 5.26 Å². The van der Waals surface area contributed by atoms with Crippen molar-refractivity contribution in [2.75, 3.05) is 11.9 Å². The van der Waals surface area contributed by atoms with Crippen LogP contribution in [-0.2, 0) is 0 Å². The van der Waals surface area contributed by atoms with Crippen LogP contribution in [0.4, 0.5) is 5.69 Å². The minimum atomic E-state index is 0.270. The maximum atomic E-state index is 9.05. The lowest BCUT2D eigenvalue weighted by molar-refractivity contribution is 0.853. The molecule has 0 aromatic heterocycles. The van der Waals surface area contributed by atoms with Gasteiger partial charge in [0.15, 0.2) is 0 Å². The number of hydrogen-bond acceptors (Lipinski definition) is 2. The van der Waals surface area contributed by atoms with E-state index in [1.807, 2.05) is 24.3 Å². The Balaban J connectivity index is 1.25. The predicted molar refractivity (Wildman–Crippen MR) is 163 cm³/mol. The first-order valence-corrected chi connectivity index (χ1v) is 13.3. The summed E-state index contributed by atoms with van der Waals surface area (Å²) in [5, 5.41) is 11.6. The first-order valence-electron chi connectivity index (χ1n) is 13.3. The molecule has 0 bridgehead atoms. The van der Waals surface area contributed by atoms with Gasteiger partial charge >= 0.3 is 0 Å². The Hall–Kier alpha value is -5.13. The Morgan fingerprint density at radius 2 is 1.23 bits per heavy atom. The van der Waals surface area contributed by atoms with Gasteiger partial charge in [-0.15, -0.1) is 0 Å². The molecule has 2 heteroatoms. The van der Waals surface area contributed by atoms with E-state index in [-0.39, 0.29) is 6.04 Å². The summed E-state index contributed by atoms with van der Waals surface area (Å²) in [5.74, 6) is 0. The largest absolute Gasteiger partial charge is 0.364 e. The van der Waals surface area contributed by atoms with Crippen LogP contribution in [0.1, 0.15) is 11.1 Å². The van der Waals surface area contributed by atoms with Crippen LogP contribution in [0.3, 0.4) is 0 Å². The maximum Gasteiger partial charge on any atom is 0.0991 e. The summed E-state index contributed by atoms with van der Waals surface area (Å²) < 4.78 is 0. The van der Waals surface area contributed by atoms with Gasteiger partial charge in [0.05, 0.1) is 17.7 Å². The summed E-state index contributed by atoms with van der Waals surface area (Å²) in [5.41, 5.74) is 11.7. The number of rotatable bonds is 3. The van der Waals surface area contributed by atoms with Crippen LogP contribution in [0.2, 0.25) is 0 Å². The van der Waals surface area contributed by atoms with Crippen molar-refractivity contribution in [1.82, 2.24) is 0 Å². The van der Waals surface area contributed by atoms with Crippen molar-refractivity contribution in [3.8, 4) is 39.4 Å². The number of hydrogen-bond donors (Lipinski definition) is 0. The van der Waals surface area contributed by atoms with E-state index in [0.717, 1.165) is 11.1 Å². The zero-order valence-electron chi connectivity index (χ0n) is 21.7. The number of benzene rings is 5. The van der Waals surface area contributed by atoms with Crippen molar-refractivity contribution in [3.05, 3.63) is 144 Å². The molecule has 2 nitrogen and oxygen atoms in total. The van der Waals surface area contributed by atoms with E-state index in [4.69, 9.17) is 5.26 Å². The van der Waals surface area contributed by atoms with Crippen LogP contribution >= 0.6 is 0 Å². The van der Waals surface area contributed by atoms with Crippen LogP contribution in [0.5, 0.6) is 0 Å². The number of likely N-dealkylation sites (N-methyl/N-ethyl adjacent to an activating group) is 1. The minimum absolute atomic E-state index is 0.270. The van der Waals surface area contributed by atoms with Gasteiger partial charge in [-0.3, -0.25) is 0 Å². The molecular formula is C37H26N2. The molecule has 1 heterocycles. The first kappa shape index (κ1) is 23.0. The second-order valence-corrected chi connectivity index (χ2v) is 10.2. The third-order valence-electron chi connectivity index (χ3n) is 7.97. The third-order valence-corrected chi connectivity index (χ3v) is 7.97. The van der Waals surface area contributed by atoms with Crippen LogP contribution in [0.15, 0.2) is 133 Å². The summed E-state index contributed by atoms with van der Waals surface area (Å²) >= 11 is 0. The average Bonchev–Trinajstić information content (AvgIpc) is 3.01. The van der Waals surface area contributed by atoms with Gasteiger partial charge in [-0.1, -0.05) is 109 Å². The molecule has 1 atom stereocenters. The fourth-order valence-electron chi connectivity index (χ4n) is 5.85. The van der Waals surface area contributed by atoms with Crippen molar-refractivity contribution in [1.29, 1.82) is 5.26 Å². The Morgan fingerprint density at radius 3 is 1.85 bits per heavy atom. The highest BCUT2D eigenvalue weighted by atomic mass is 15.1. The second-order valence-electron chi connectivity index (χ2n) is 10.2. The highest BCUT2D eigenvalue weighted by Gasteiger charge is 2.26. The lowest BCUT2D eigenvalue weighted by atomic mass is 9.87. The first-order chi connectivity index (χ1) is 19.2. The van der Waals surface area contributed by atoms with Gasteiger partial charge in [-0.25, -0.2) is 0 Å². The van der Waals surface area contributed by atoms with Crippen LogP contribution in [0, 0.1) is 11.3 Å². The Kier molecular flexibility index (Phi) is 5.50. The molecule has 5 aromatic rings. The Bertz CT molecular complexity index is 1850. The van der Waals surface area contributed by atoms with E-state index in [1.165, 1.54) is 49.9 Å². The molecule has 184 valence electrons. The normalized spacial score (nSPS) is 15.4. The molecule has 0 radical (unpaired) electrons. The molecule has 0 saturated heterocycles. The van der Waals surface area contributed by atoms with Crippen molar-refractivity contribution in [2.24, 2.45) is 0 Å². The molecule has 0 amide bonds. The quantitative estimate of drug-likeness (QED) is 0.248. The standard InChI is InChI=1S/C37H26N2/c1-39-36-9-5-2-6-31(36)22-35-33-8-4-3-7-32(33)34(23-37(35)39)30-20-18-29(19-21-30)28-16-14-27(15-17-28)26-12-10-25(24-38)11-13-26/h2-23,36H,1H3. The van der Waals surface area contributed by atoms with Gasteiger partial charge in [0.2, 0.25) is 0 Å². The zero-order valence-corrected chi connectivity index (χ0v) is 21.7. The molecular weight excluding hydrogens is 472 g/mol. The molecule has 0 saturated carbocycles. The summed E-state index contributed by atoms with van der Waals surface area (Å²) in [6, 6.07) is 38.8. The lowest BCUT2D eigenvalue weighted by Crippen LogP contribution is -2.34. The summed E-state index contributed by atoms with van der Waals surface area (Å²) in [6.45, 7) is 0. The van der Waals surface area contributed by atoms with Gasteiger partial charge in [0, 0.05) is 18.3 Å². The zero-order chi connectivity index (χ0) is 26.3. The van der Waals surface area contributed by atoms with Crippen molar-refractivity contribution in [2.45, 2.75) is 6.04 Å². The molecule has 5 aromatic carbocycles. The van der Waals surface area contributed by atoms with Crippen molar-refractivity contribution >= 4 is 22.5 Å². The van der Waals surface area contributed by atoms with E-state index in [2.05, 4.69) is 127 Å². The van der Waals surface area contributed by atoms with Crippen LogP contribution in [0.25, 0.3) is 50.2 Å². The van der Waals surface area contributed by atoms with Crippen molar-refractivity contribution in [3.63, 3.8) is 0 Å². The highest BCUT2D eigenvalue weighted by molar-refractivity contribution is 6.06. The van der Waals surface area contributed by atoms with E-state index >= 15 is 0 Å². The molecule has 1 aliphatic carbocycles. The summed E-state index contributed by atoms with van der Waals surface area (Å²) in [7, 11) is 2.20. The highest BCUT2D eigenvalue weighted by Crippen LogP contribution is 2.43. The average molecular weight is 499 g/mol. The Morgan fingerprint density at radius 1 is 0.667 bits per heavy atom. The van der Waals surface area contributed by atoms with E-state index in [9.17, 15) is 0 Å². The maximum absolute atomic E-state index is 9.05. The topological polar surface area (TPSA) is 27.0 Å². The molecule has 7 rings (SSSR count). The summed E-state index contributed by atoms with van der Waals surface area (Å²) in [6.07, 6.45) is 11.1. The molecule has 0 spiro atoms. The molecule has 1 unspecified atom stereocenters. The van der Waals surface area contributed by atoms with Crippen molar-refractivity contribution < 1.29 is 0 Å². The summed E-state index contributed by atoms with van der Waals surface area (Å²) in [4.78, 5) is 2.39. The third kappa shape index (κ3) is 3.97. The lowest BCUT2D eigenvalue weighted by Gasteiger charge is -2.36.